The molecule has 0 saturated heterocycles. The second-order valence-corrected chi connectivity index (χ2v) is 9.23. The molecule has 3 heterocycles. The Bertz CT molecular complexity index is 1520. The number of amides is 1. The number of aliphatic carboxylic acids is 1. The Morgan fingerprint density at radius 1 is 1.17 bits per heavy atom. The minimum Gasteiger partial charge on any atom is -0.478 e. The highest BCUT2D eigenvalue weighted by Crippen LogP contribution is 2.32. The first-order valence-electron chi connectivity index (χ1n) is 11.8. The van der Waals surface area contributed by atoms with Crippen molar-refractivity contribution in [3.05, 3.63) is 93.8 Å². The molecule has 2 aromatic carbocycles. The molecule has 0 bridgehead atoms. The van der Waals surface area contributed by atoms with Gasteiger partial charge in [0.15, 0.2) is 5.65 Å². The number of aryl methyl sites for hydroxylation is 1. The summed E-state index contributed by atoms with van der Waals surface area (Å²) in [5, 5.41) is 14.0. The van der Waals surface area contributed by atoms with E-state index in [0.29, 0.717) is 46.2 Å². The fourth-order valence-electron chi connectivity index (χ4n) is 4.74. The Labute approximate surface area is 213 Å². The van der Waals surface area contributed by atoms with E-state index >= 15 is 0 Å². The molecule has 1 unspecified atom stereocenters. The van der Waals surface area contributed by atoms with Gasteiger partial charge < -0.3 is 10.0 Å². The van der Waals surface area contributed by atoms with E-state index < -0.39 is 5.97 Å². The molecule has 0 saturated carbocycles. The fourth-order valence-corrected chi connectivity index (χ4v) is 5.02. The molecule has 0 radical (unpaired) electrons. The van der Waals surface area contributed by atoms with Crippen LogP contribution < -0.4 is 0 Å². The number of carbonyl (C=O) groups is 2. The van der Waals surface area contributed by atoms with Crippen LogP contribution in [0, 0.1) is 0 Å². The Balaban J connectivity index is 1.49. The lowest BCUT2D eigenvalue weighted by atomic mass is 9.93. The van der Waals surface area contributed by atoms with Gasteiger partial charge in [-0.2, -0.15) is 5.10 Å². The molecule has 0 spiro atoms. The van der Waals surface area contributed by atoms with Crippen molar-refractivity contribution in [3.63, 3.8) is 0 Å². The molecule has 36 heavy (non-hydrogen) atoms. The van der Waals surface area contributed by atoms with Gasteiger partial charge in [-0.1, -0.05) is 54.9 Å². The zero-order valence-corrected chi connectivity index (χ0v) is 20.7. The topological polar surface area (TPSA) is 87.8 Å². The van der Waals surface area contributed by atoms with Crippen LogP contribution in [0.25, 0.3) is 23.0 Å². The zero-order chi connectivity index (χ0) is 25.4. The number of halogens is 1. The van der Waals surface area contributed by atoms with Crippen LogP contribution in [0.2, 0.25) is 5.02 Å². The second kappa shape index (κ2) is 9.59. The minimum absolute atomic E-state index is 0.0291. The first kappa shape index (κ1) is 23.8. The maximum absolute atomic E-state index is 13.6. The fraction of sp³-hybridized carbons (Fsp3) is 0.214. The summed E-state index contributed by atoms with van der Waals surface area (Å²) in [7, 11) is 0. The van der Waals surface area contributed by atoms with E-state index in [9.17, 15) is 9.59 Å². The van der Waals surface area contributed by atoms with Crippen LogP contribution in [0.15, 0.2) is 60.7 Å². The van der Waals surface area contributed by atoms with E-state index in [1.165, 1.54) is 17.2 Å². The molecular formula is C28H25ClN4O3. The van der Waals surface area contributed by atoms with E-state index in [2.05, 4.69) is 24.0 Å². The lowest BCUT2D eigenvalue weighted by Crippen LogP contribution is -2.39. The number of benzene rings is 2. The second-order valence-electron chi connectivity index (χ2n) is 8.82. The highest BCUT2D eigenvalue weighted by Gasteiger charge is 2.29. The third-order valence-corrected chi connectivity index (χ3v) is 6.94. The number of carbonyl (C=O) groups excluding carboxylic acids is 1. The summed E-state index contributed by atoms with van der Waals surface area (Å²) in [5.74, 6) is -1.12. The Morgan fingerprint density at radius 3 is 2.72 bits per heavy atom. The van der Waals surface area contributed by atoms with Crippen LogP contribution in [-0.2, 0) is 17.6 Å². The number of carboxylic acids is 1. The van der Waals surface area contributed by atoms with Crippen molar-refractivity contribution < 1.29 is 14.7 Å². The molecule has 8 heteroatoms. The van der Waals surface area contributed by atoms with Crippen molar-refractivity contribution in [3.8, 4) is 11.3 Å². The van der Waals surface area contributed by atoms with Crippen molar-refractivity contribution in [2.24, 2.45) is 0 Å². The largest absolute Gasteiger partial charge is 0.478 e. The Kier molecular flexibility index (Phi) is 6.33. The standard InChI is InChI=1S/C28H25ClN4O3/c1-3-20-15-25(28(36)32-13-12-19-6-4-5-7-21(19)17(32)2)30-26-16-24(31-33(20)26)22-10-8-18(14-23(22)29)9-11-27(34)35/h4-11,14-17H,3,12-13H2,1-2H3,(H,34,35)/b11-9+. The van der Waals surface area contributed by atoms with Crippen LogP contribution in [0.4, 0.5) is 0 Å². The van der Waals surface area contributed by atoms with E-state index in [1.54, 1.807) is 22.7 Å². The number of fused-ring (bicyclic) bond motifs is 2. The van der Waals surface area contributed by atoms with Gasteiger partial charge in [0.2, 0.25) is 0 Å². The number of hydrogen-bond acceptors (Lipinski definition) is 4. The van der Waals surface area contributed by atoms with Gasteiger partial charge in [0.05, 0.1) is 16.8 Å². The number of aromatic nitrogens is 3. The molecule has 0 fully saturated rings. The maximum Gasteiger partial charge on any atom is 0.328 e. The van der Waals surface area contributed by atoms with E-state index in [1.807, 2.05) is 36.1 Å². The van der Waals surface area contributed by atoms with Gasteiger partial charge in [-0.15, -0.1) is 0 Å². The van der Waals surface area contributed by atoms with Crippen molar-refractivity contribution in [1.29, 1.82) is 0 Å². The van der Waals surface area contributed by atoms with Gasteiger partial charge in [-0.25, -0.2) is 14.3 Å². The van der Waals surface area contributed by atoms with Crippen molar-refractivity contribution >= 4 is 35.2 Å². The third kappa shape index (κ3) is 4.38. The van der Waals surface area contributed by atoms with Crippen LogP contribution in [0.3, 0.4) is 0 Å². The summed E-state index contributed by atoms with van der Waals surface area (Å²) in [6.45, 7) is 4.72. The van der Waals surface area contributed by atoms with Gasteiger partial charge in [0.25, 0.3) is 5.91 Å². The molecule has 4 aromatic rings. The van der Waals surface area contributed by atoms with Gasteiger partial charge >= 0.3 is 5.97 Å². The first-order valence-corrected chi connectivity index (χ1v) is 12.2. The quantitative estimate of drug-likeness (QED) is 0.367. The van der Waals surface area contributed by atoms with Crippen molar-refractivity contribution in [2.45, 2.75) is 32.7 Å². The maximum atomic E-state index is 13.6. The van der Waals surface area contributed by atoms with Crippen molar-refractivity contribution in [2.75, 3.05) is 6.54 Å². The molecular weight excluding hydrogens is 476 g/mol. The number of hydrogen-bond donors (Lipinski definition) is 1. The average molecular weight is 501 g/mol. The summed E-state index contributed by atoms with van der Waals surface area (Å²) < 4.78 is 1.75. The molecule has 182 valence electrons. The smallest absolute Gasteiger partial charge is 0.328 e. The predicted molar refractivity (Wildman–Crippen MR) is 139 cm³/mol. The normalized spacial score (nSPS) is 15.4. The average Bonchev–Trinajstić information content (AvgIpc) is 3.31. The summed E-state index contributed by atoms with van der Waals surface area (Å²) in [6, 6.07) is 17.1. The molecule has 2 aromatic heterocycles. The van der Waals surface area contributed by atoms with E-state index in [4.69, 9.17) is 21.8 Å². The van der Waals surface area contributed by atoms with Gasteiger partial charge in [0, 0.05) is 29.9 Å². The number of nitrogens with zero attached hydrogens (tertiary/aromatic N) is 4. The summed E-state index contributed by atoms with van der Waals surface area (Å²) >= 11 is 6.51. The van der Waals surface area contributed by atoms with Crippen LogP contribution in [0.5, 0.6) is 0 Å². The molecule has 1 atom stereocenters. The highest BCUT2D eigenvalue weighted by molar-refractivity contribution is 6.33. The monoisotopic (exact) mass is 500 g/mol. The van der Waals surface area contributed by atoms with Gasteiger partial charge in [-0.3, -0.25) is 4.79 Å². The van der Waals surface area contributed by atoms with Gasteiger partial charge in [0.1, 0.15) is 5.69 Å². The summed E-state index contributed by atoms with van der Waals surface area (Å²) in [4.78, 5) is 30.9. The zero-order valence-electron chi connectivity index (χ0n) is 20.0. The van der Waals surface area contributed by atoms with E-state index in [0.717, 1.165) is 18.2 Å². The highest BCUT2D eigenvalue weighted by atomic mass is 35.5. The number of rotatable bonds is 5. The lowest BCUT2D eigenvalue weighted by Gasteiger charge is -2.35. The predicted octanol–water partition coefficient (Wildman–Crippen LogP) is 5.47. The lowest BCUT2D eigenvalue weighted by molar-refractivity contribution is -0.131. The Morgan fingerprint density at radius 2 is 1.97 bits per heavy atom. The molecule has 1 amide bonds. The first-order chi connectivity index (χ1) is 17.4. The van der Waals surface area contributed by atoms with Crippen molar-refractivity contribution in [1.82, 2.24) is 19.5 Å². The molecule has 1 aliphatic heterocycles. The van der Waals surface area contributed by atoms with Gasteiger partial charge in [-0.05, 0) is 54.7 Å². The van der Waals surface area contributed by atoms with Crippen LogP contribution >= 0.6 is 11.6 Å². The molecule has 7 nitrogen and oxygen atoms in total. The minimum atomic E-state index is -1.03. The molecule has 1 aliphatic rings. The molecule has 1 N–H and O–H groups in total. The third-order valence-electron chi connectivity index (χ3n) is 6.63. The Hall–Kier alpha value is -3.97. The van der Waals surface area contributed by atoms with E-state index in [-0.39, 0.29) is 11.9 Å². The molecule has 5 rings (SSSR count). The SMILES string of the molecule is CCc1cc(C(=O)N2CCc3ccccc3C2C)nc2cc(-c3ccc(/C=C/C(=O)O)cc3Cl)nn12. The molecule has 0 aliphatic carbocycles. The number of carboxylic acid groups (broad SMARTS) is 1. The summed E-state index contributed by atoms with van der Waals surface area (Å²) in [5.41, 5.74) is 6.31. The van der Waals surface area contributed by atoms with Crippen LogP contribution in [0.1, 0.15) is 52.8 Å². The van der Waals surface area contributed by atoms with Crippen LogP contribution in [-0.4, -0.2) is 43.0 Å². The summed E-state index contributed by atoms with van der Waals surface area (Å²) in [6.07, 6.45) is 4.04.